The Morgan fingerprint density at radius 1 is 1.00 bits per heavy atom. The average Bonchev–Trinajstić information content (AvgIpc) is 2.74. The third-order valence-electron chi connectivity index (χ3n) is 6.33. The molecule has 0 aliphatic carbocycles. The zero-order valence-electron chi connectivity index (χ0n) is 17.6. The Morgan fingerprint density at radius 3 is 2.54 bits per heavy atom. The van der Waals surface area contributed by atoms with E-state index in [0.29, 0.717) is 6.04 Å². The highest BCUT2D eigenvalue weighted by Gasteiger charge is 2.29. The van der Waals surface area contributed by atoms with Gasteiger partial charge in [-0.15, -0.1) is 0 Å². The van der Waals surface area contributed by atoms with Gasteiger partial charge in [-0.2, -0.15) is 0 Å². The second-order valence-corrected chi connectivity index (χ2v) is 8.17. The van der Waals surface area contributed by atoms with Crippen LogP contribution in [-0.2, 0) is 6.42 Å². The van der Waals surface area contributed by atoms with E-state index in [1.165, 1.54) is 35.5 Å². The molecule has 1 aromatic carbocycles. The monoisotopic (exact) mass is 379 g/mol. The summed E-state index contributed by atoms with van der Waals surface area (Å²) >= 11 is 0. The van der Waals surface area contributed by atoms with Crippen LogP contribution in [0, 0.1) is 13.8 Å². The number of hydrogen-bond donors (Lipinski definition) is 0. The number of benzene rings is 1. The zero-order valence-corrected chi connectivity index (χ0v) is 17.6. The van der Waals surface area contributed by atoms with Crippen LogP contribution < -0.4 is 9.80 Å². The van der Waals surface area contributed by atoms with E-state index in [-0.39, 0.29) is 0 Å². The molecule has 0 spiro atoms. The van der Waals surface area contributed by atoms with Crippen LogP contribution >= 0.6 is 0 Å². The van der Waals surface area contributed by atoms with Crippen molar-refractivity contribution >= 4 is 11.5 Å². The van der Waals surface area contributed by atoms with Gasteiger partial charge in [0.05, 0.1) is 0 Å². The van der Waals surface area contributed by atoms with Crippen LogP contribution in [0.2, 0.25) is 0 Å². The number of rotatable bonds is 4. The first-order valence-corrected chi connectivity index (χ1v) is 10.8. The highest BCUT2D eigenvalue weighted by molar-refractivity contribution is 5.53. The van der Waals surface area contributed by atoms with E-state index in [4.69, 9.17) is 4.98 Å². The number of aryl methyl sites for hydroxylation is 3. The molecule has 28 heavy (non-hydrogen) atoms. The number of piperazine rings is 1. The average molecular weight is 380 g/mol. The molecule has 1 atom stereocenters. The summed E-state index contributed by atoms with van der Waals surface area (Å²) in [7, 11) is 0. The predicted octanol–water partition coefficient (Wildman–Crippen LogP) is 3.45. The highest BCUT2D eigenvalue weighted by Crippen LogP contribution is 2.26. The van der Waals surface area contributed by atoms with Gasteiger partial charge in [0.1, 0.15) is 11.6 Å². The van der Waals surface area contributed by atoms with Gasteiger partial charge in [-0.1, -0.05) is 25.1 Å². The molecule has 150 valence electrons. The molecule has 0 bridgehead atoms. The van der Waals surface area contributed by atoms with Crippen molar-refractivity contribution < 1.29 is 0 Å². The molecule has 1 unspecified atom stereocenters. The third kappa shape index (κ3) is 4.00. The van der Waals surface area contributed by atoms with Crippen molar-refractivity contribution in [2.45, 2.75) is 46.1 Å². The van der Waals surface area contributed by atoms with Crippen LogP contribution in [0.5, 0.6) is 0 Å². The fraction of sp³-hybridized carbons (Fsp3) is 0.565. The van der Waals surface area contributed by atoms with Gasteiger partial charge in [0.2, 0.25) is 0 Å². The molecule has 2 fully saturated rings. The quantitative estimate of drug-likeness (QED) is 0.813. The van der Waals surface area contributed by atoms with Gasteiger partial charge in [-0.05, 0) is 44.7 Å². The molecule has 0 radical (unpaired) electrons. The van der Waals surface area contributed by atoms with Gasteiger partial charge < -0.3 is 9.80 Å². The van der Waals surface area contributed by atoms with Crippen LogP contribution in [0.25, 0.3) is 0 Å². The van der Waals surface area contributed by atoms with Crippen LogP contribution in [0.3, 0.4) is 0 Å². The smallest absolute Gasteiger partial charge is 0.135 e. The van der Waals surface area contributed by atoms with Crippen molar-refractivity contribution in [2.75, 3.05) is 49.1 Å². The number of para-hydroxylation sites is 1. The van der Waals surface area contributed by atoms with Gasteiger partial charge in [0.15, 0.2) is 0 Å². The first-order valence-electron chi connectivity index (χ1n) is 10.8. The molecule has 4 rings (SSSR count). The number of piperidine rings is 1. The van der Waals surface area contributed by atoms with Crippen molar-refractivity contribution in [3.05, 3.63) is 47.4 Å². The maximum Gasteiger partial charge on any atom is 0.135 e. The van der Waals surface area contributed by atoms with E-state index in [2.05, 4.69) is 57.8 Å². The molecule has 0 saturated carbocycles. The minimum absolute atomic E-state index is 0.632. The van der Waals surface area contributed by atoms with Crippen molar-refractivity contribution in [1.82, 2.24) is 14.9 Å². The molecule has 5 nitrogen and oxygen atoms in total. The molecule has 3 heterocycles. The van der Waals surface area contributed by atoms with Gasteiger partial charge >= 0.3 is 0 Å². The Morgan fingerprint density at radius 2 is 1.79 bits per heavy atom. The summed E-state index contributed by atoms with van der Waals surface area (Å²) in [5.74, 6) is 2.04. The molecule has 1 aromatic heterocycles. The summed E-state index contributed by atoms with van der Waals surface area (Å²) in [4.78, 5) is 17.0. The Kier molecular flexibility index (Phi) is 5.81. The second kappa shape index (κ2) is 8.48. The lowest BCUT2D eigenvalue weighted by Crippen LogP contribution is -2.55. The van der Waals surface area contributed by atoms with Gasteiger partial charge in [0.25, 0.3) is 0 Å². The highest BCUT2D eigenvalue weighted by atomic mass is 15.3. The largest absolute Gasteiger partial charge is 0.369 e. The van der Waals surface area contributed by atoms with E-state index in [0.717, 1.165) is 51.5 Å². The van der Waals surface area contributed by atoms with E-state index >= 15 is 0 Å². The van der Waals surface area contributed by atoms with E-state index < -0.39 is 0 Å². The fourth-order valence-corrected chi connectivity index (χ4v) is 4.70. The molecule has 2 saturated heterocycles. The van der Waals surface area contributed by atoms with E-state index in [1.807, 2.05) is 13.1 Å². The Balaban J connectivity index is 1.41. The third-order valence-corrected chi connectivity index (χ3v) is 6.33. The Labute approximate surface area is 169 Å². The first kappa shape index (κ1) is 19.2. The molecule has 0 N–H and O–H groups in total. The zero-order chi connectivity index (χ0) is 19.5. The topological polar surface area (TPSA) is 35.5 Å². The first-order chi connectivity index (χ1) is 13.7. The Bertz CT molecular complexity index is 797. The standard InChI is InChI=1S/C23H33N5/c1-4-20-16-24-19(3)25-23(20)28-11-7-9-21(17-28)26-12-14-27(15-13-26)22-10-6-5-8-18(22)2/h5-6,8,10,16,21H,4,7,9,11-15,17H2,1-3H3. The molecule has 2 aromatic rings. The number of anilines is 2. The lowest BCUT2D eigenvalue weighted by molar-refractivity contribution is 0.166. The molecular formula is C23H33N5. The molecular weight excluding hydrogens is 346 g/mol. The lowest BCUT2D eigenvalue weighted by atomic mass is 10.0. The molecule has 2 aliphatic heterocycles. The van der Waals surface area contributed by atoms with Crippen molar-refractivity contribution in [1.29, 1.82) is 0 Å². The van der Waals surface area contributed by atoms with E-state index in [9.17, 15) is 0 Å². The maximum absolute atomic E-state index is 4.80. The van der Waals surface area contributed by atoms with E-state index in [1.54, 1.807) is 0 Å². The van der Waals surface area contributed by atoms with Gasteiger partial charge in [-0.25, -0.2) is 9.97 Å². The maximum atomic E-state index is 4.80. The minimum atomic E-state index is 0.632. The normalized spacial score (nSPS) is 21.2. The summed E-state index contributed by atoms with van der Waals surface area (Å²) in [6.45, 7) is 13.2. The summed E-state index contributed by atoms with van der Waals surface area (Å²) in [6.07, 6.45) is 5.55. The fourth-order valence-electron chi connectivity index (χ4n) is 4.70. The molecule has 2 aliphatic rings. The van der Waals surface area contributed by atoms with Gasteiger partial charge in [-0.3, -0.25) is 4.90 Å². The van der Waals surface area contributed by atoms with Crippen molar-refractivity contribution in [3.63, 3.8) is 0 Å². The lowest BCUT2D eigenvalue weighted by Gasteiger charge is -2.44. The van der Waals surface area contributed by atoms with Gasteiger partial charge in [0, 0.05) is 62.8 Å². The van der Waals surface area contributed by atoms with Crippen molar-refractivity contribution in [2.24, 2.45) is 0 Å². The number of hydrogen-bond acceptors (Lipinski definition) is 5. The summed E-state index contributed by atoms with van der Waals surface area (Å²) in [5, 5.41) is 0. The SMILES string of the molecule is CCc1cnc(C)nc1N1CCCC(N2CCN(c3ccccc3C)CC2)C1. The molecule has 5 heteroatoms. The number of aromatic nitrogens is 2. The summed E-state index contributed by atoms with van der Waals surface area (Å²) in [5.41, 5.74) is 4.05. The van der Waals surface area contributed by atoms with Crippen LogP contribution in [0.1, 0.15) is 36.7 Å². The predicted molar refractivity (Wildman–Crippen MR) is 116 cm³/mol. The van der Waals surface area contributed by atoms with Crippen molar-refractivity contribution in [3.8, 4) is 0 Å². The van der Waals surface area contributed by atoms with Crippen LogP contribution in [0.15, 0.2) is 30.5 Å². The second-order valence-electron chi connectivity index (χ2n) is 8.17. The van der Waals surface area contributed by atoms with Crippen LogP contribution in [0.4, 0.5) is 11.5 Å². The number of nitrogens with zero attached hydrogens (tertiary/aromatic N) is 5. The minimum Gasteiger partial charge on any atom is -0.369 e. The summed E-state index contributed by atoms with van der Waals surface area (Å²) in [6, 6.07) is 9.40. The Hall–Kier alpha value is -2.14. The van der Waals surface area contributed by atoms with Crippen LogP contribution in [-0.4, -0.2) is 60.2 Å². The summed E-state index contributed by atoms with van der Waals surface area (Å²) < 4.78 is 0. The molecule has 0 amide bonds.